The molecule has 0 radical (unpaired) electrons. The highest BCUT2D eigenvalue weighted by Gasteiger charge is 2.29. The van der Waals surface area contributed by atoms with Crippen molar-refractivity contribution >= 4 is 10.0 Å². The minimum absolute atomic E-state index is 0.322. The maximum Gasteiger partial charge on any atom is 0.243 e. The van der Waals surface area contributed by atoms with E-state index < -0.39 is 10.0 Å². The predicted octanol–water partition coefficient (Wildman–Crippen LogP) is 2.69. The molecule has 0 aliphatic carbocycles. The third-order valence-corrected chi connectivity index (χ3v) is 6.13. The molecule has 2 rings (SSSR count). The molecule has 0 unspecified atom stereocenters. The van der Waals surface area contributed by atoms with Crippen molar-refractivity contribution in [2.75, 3.05) is 26.3 Å². The summed E-state index contributed by atoms with van der Waals surface area (Å²) in [5.41, 5.74) is 1.18. The van der Waals surface area contributed by atoms with E-state index in [1.807, 2.05) is 12.1 Å². The first-order chi connectivity index (χ1) is 11.1. The highest BCUT2D eigenvalue weighted by atomic mass is 32.2. The smallest absolute Gasteiger partial charge is 0.243 e. The highest BCUT2D eigenvalue weighted by molar-refractivity contribution is 7.89. The minimum atomic E-state index is -3.38. The van der Waals surface area contributed by atoms with E-state index in [1.54, 1.807) is 16.4 Å². The number of aryl methyl sites for hydroxylation is 1. The van der Waals surface area contributed by atoms with E-state index in [9.17, 15) is 8.42 Å². The Hall–Kier alpha value is -1.35. The van der Waals surface area contributed by atoms with E-state index in [2.05, 4.69) is 12.8 Å². The van der Waals surface area contributed by atoms with E-state index in [0.29, 0.717) is 37.1 Å². The van der Waals surface area contributed by atoms with Gasteiger partial charge in [0.15, 0.2) is 0 Å². The van der Waals surface area contributed by atoms with Crippen molar-refractivity contribution in [3.8, 4) is 12.3 Å². The number of hydrogen-bond acceptors (Lipinski definition) is 3. The van der Waals surface area contributed by atoms with Crippen LogP contribution >= 0.6 is 0 Å². The van der Waals surface area contributed by atoms with Crippen molar-refractivity contribution in [3.63, 3.8) is 0 Å². The molecule has 0 saturated carbocycles. The lowest BCUT2D eigenvalue weighted by molar-refractivity contribution is 0.101. The molecule has 4 nitrogen and oxygen atoms in total. The maximum absolute atomic E-state index is 12.7. The second-order valence-corrected chi connectivity index (χ2v) is 7.90. The molecule has 23 heavy (non-hydrogen) atoms. The maximum atomic E-state index is 12.7. The van der Waals surface area contributed by atoms with Crippen LogP contribution in [0, 0.1) is 18.3 Å². The molecule has 1 aromatic carbocycles. The van der Waals surface area contributed by atoms with Crippen LogP contribution in [0.4, 0.5) is 0 Å². The van der Waals surface area contributed by atoms with Crippen molar-refractivity contribution in [1.29, 1.82) is 0 Å². The first-order valence-corrected chi connectivity index (χ1v) is 9.62. The van der Waals surface area contributed by atoms with Crippen molar-refractivity contribution < 1.29 is 13.2 Å². The molecule has 0 atom stereocenters. The highest BCUT2D eigenvalue weighted by Crippen LogP contribution is 2.24. The number of hydrogen-bond donors (Lipinski definition) is 0. The molecular formula is C18H25NO3S. The fourth-order valence-electron chi connectivity index (χ4n) is 2.87. The van der Waals surface area contributed by atoms with E-state index in [4.69, 9.17) is 11.2 Å². The van der Waals surface area contributed by atoms with Crippen LogP contribution in [-0.4, -0.2) is 39.0 Å². The number of ether oxygens (including phenoxy) is 1. The van der Waals surface area contributed by atoms with Gasteiger partial charge in [0.2, 0.25) is 10.0 Å². The van der Waals surface area contributed by atoms with Crippen molar-refractivity contribution in [2.24, 2.45) is 5.92 Å². The summed E-state index contributed by atoms with van der Waals surface area (Å²) >= 11 is 0. The first-order valence-electron chi connectivity index (χ1n) is 8.18. The molecule has 1 aromatic rings. The average Bonchev–Trinajstić information content (AvgIpc) is 2.56. The lowest BCUT2D eigenvalue weighted by Gasteiger charge is -2.31. The van der Waals surface area contributed by atoms with Gasteiger partial charge in [0.05, 0.1) is 11.5 Å². The Labute approximate surface area is 139 Å². The van der Waals surface area contributed by atoms with Crippen LogP contribution in [0.25, 0.3) is 0 Å². The number of sulfonamides is 1. The monoisotopic (exact) mass is 335 g/mol. The van der Waals surface area contributed by atoms with Gasteiger partial charge in [-0.3, -0.25) is 0 Å². The number of nitrogens with zero attached hydrogens (tertiary/aromatic N) is 1. The summed E-state index contributed by atoms with van der Waals surface area (Å²) in [6, 6.07) is 7.28. The molecule has 5 heteroatoms. The second-order valence-electron chi connectivity index (χ2n) is 5.96. The van der Waals surface area contributed by atoms with E-state index >= 15 is 0 Å². The standard InChI is InChI=1S/C18H25NO3S/c1-3-5-16-6-8-18(9-7-16)23(20,21)19-12-10-17(11-13-19)15-22-14-4-2/h2,6-9,17H,3,5,10-15H2,1H3. The summed E-state index contributed by atoms with van der Waals surface area (Å²) in [6.07, 6.45) is 8.82. The van der Waals surface area contributed by atoms with Gasteiger partial charge in [-0.1, -0.05) is 31.4 Å². The van der Waals surface area contributed by atoms with Crippen LogP contribution in [0.1, 0.15) is 31.7 Å². The minimum Gasteiger partial charge on any atom is -0.369 e. The van der Waals surface area contributed by atoms with Crippen LogP contribution in [-0.2, 0) is 21.2 Å². The molecule has 0 spiro atoms. The number of piperidine rings is 1. The van der Waals surface area contributed by atoms with Crippen LogP contribution in [0.5, 0.6) is 0 Å². The van der Waals surface area contributed by atoms with Gasteiger partial charge >= 0.3 is 0 Å². The van der Waals surface area contributed by atoms with Crippen LogP contribution in [0.2, 0.25) is 0 Å². The Morgan fingerprint density at radius 3 is 2.48 bits per heavy atom. The van der Waals surface area contributed by atoms with Gasteiger partial charge in [0.1, 0.15) is 6.61 Å². The molecule has 0 bridgehead atoms. The molecule has 1 aliphatic rings. The van der Waals surface area contributed by atoms with E-state index in [1.165, 1.54) is 5.56 Å². The normalized spacial score (nSPS) is 17.0. The van der Waals surface area contributed by atoms with Crippen LogP contribution in [0.3, 0.4) is 0 Å². The van der Waals surface area contributed by atoms with Gasteiger partial charge in [-0.05, 0) is 42.9 Å². The van der Waals surface area contributed by atoms with Gasteiger partial charge in [0.25, 0.3) is 0 Å². The summed E-state index contributed by atoms with van der Waals surface area (Å²) in [4.78, 5) is 0.388. The topological polar surface area (TPSA) is 46.6 Å². The number of rotatable bonds is 7. The molecule has 1 fully saturated rings. The molecule has 1 aliphatic heterocycles. The Bertz CT molecular complexity index is 623. The van der Waals surface area contributed by atoms with Crippen LogP contribution < -0.4 is 0 Å². The zero-order chi connectivity index (χ0) is 16.7. The average molecular weight is 335 g/mol. The fraction of sp³-hybridized carbons (Fsp3) is 0.556. The Morgan fingerprint density at radius 1 is 1.26 bits per heavy atom. The SMILES string of the molecule is C#CCOCC1CCN(S(=O)(=O)c2ccc(CCC)cc2)CC1. The predicted molar refractivity (Wildman–Crippen MR) is 91.6 cm³/mol. The Morgan fingerprint density at radius 2 is 1.91 bits per heavy atom. The third-order valence-electron chi connectivity index (χ3n) is 4.21. The fourth-order valence-corrected chi connectivity index (χ4v) is 4.34. The molecule has 0 amide bonds. The van der Waals surface area contributed by atoms with Crippen molar-refractivity contribution in [1.82, 2.24) is 4.31 Å². The molecule has 0 aromatic heterocycles. The molecule has 1 saturated heterocycles. The second kappa shape index (κ2) is 8.49. The van der Waals surface area contributed by atoms with E-state index in [0.717, 1.165) is 25.7 Å². The largest absolute Gasteiger partial charge is 0.369 e. The molecular weight excluding hydrogens is 310 g/mol. The van der Waals surface area contributed by atoms with Gasteiger partial charge in [-0.2, -0.15) is 4.31 Å². The van der Waals surface area contributed by atoms with Crippen molar-refractivity contribution in [2.45, 2.75) is 37.5 Å². The zero-order valence-corrected chi connectivity index (χ0v) is 14.5. The van der Waals surface area contributed by atoms with Gasteiger partial charge < -0.3 is 4.74 Å². The lowest BCUT2D eigenvalue weighted by Crippen LogP contribution is -2.39. The summed E-state index contributed by atoms with van der Waals surface area (Å²) in [6.45, 7) is 4.14. The molecule has 0 N–H and O–H groups in total. The Balaban J connectivity index is 1.94. The lowest BCUT2D eigenvalue weighted by atomic mass is 9.99. The summed E-state index contributed by atoms with van der Waals surface area (Å²) in [7, 11) is -3.38. The number of benzene rings is 1. The van der Waals surface area contributed by atoms with Crippen molar-refractivity contribution in [3.05, 3.63) is 29.8 Å². The molecule has 126 valence electrons. The summed E-state index contributed by atoms with van der Waals surface area (Å²) in [5.74, 6) is 2.84. The Kier molecular flexibility index (Phi) is 6.64. The van der Waals surface area contributed by atoms with Crippen LogP contribution in [0.15, 0.2) is 29.2 Å². The number of terminal acetylenes is 1. The quantitative estimate of drug-likeness (QED) is 0.568. The van der Waals surface area contributed by atoms with Gasteiger partial charge in [-0.15, -0.1) is 6.42 Å². The van der Waals surface area contributed by atoms with E-state index in [-0.39, 0.29) is 0 Å². The summed E-state index contributed by atoms with van der Waals surface area (Å²) in [5, 5.41) is 0. The first kappa shape index (κ1) is 18.0. The molecule has 1 heterocycles. The third kappa shape index (κ3) is 4.81. The van der Waals surface area contributed by atoms with Gasteiger partial charge in [0, 0.05) is 13.1 Å². The summed E-state index contributed by atoms with van der Waals surface area (Å²) < 4.78 is 32.3. The van der Waals surface area contributed by atoms with Gasteiger partial charge in [-0.25, -0.2) is 8.42 Å². The zero-order valence-electron chi connectivity index (χ0n) is 13.7.